The smallest absolute Gasteiger partial charge is 0.185 e. The highest BCUT2D eigenvalue weighted by molar-refractivity contribution is 7.15. The zero-order chi connectivity index (χ0) is 13.7. The van der Waals surface area contributed by atoms with Gasteiger partial charge in [0.15, 0.2) is 5.13 Å². The standard InChI is InChI=1S/C14H25N3OS/c1-4-8-17(5-2)14-16-12(10-18-3)13(19-14)9-15-11-6-7-11/h11,15H,4-10H2,1-3H3. The van der Waals surface area contributed by atoms with E-state index < -0.39 is 0 Å². The van der Waals surface area contributed by atoms with Crippen LogP contribution in [-0.4, -0.2) is 31.2 Å². The van der Waals surface area contributed by atoms with Crippen LogP contribution in [0.1, 0.15) is 43.7 Å². The average molecular weight is 283 g/mol. The molecular formula is C14H25N3OS. The van der Waals surface area contributed by atoms with E-state index in [9.17, 15) is 0 Å². The Kier molecular flexibility index (Phi) is 5.60. The minimum Gasteiger partial charge on any atom is -0.378 e. The number of aromatic nitrogens is 1. The van der Waals surface area contributed by atoms with Crippen molar-refractivity contribution in [3.8, 4) is 0 Å². The number of rotatable bonds is 9. The second-order valence-electron chi connectivity index (χ2n) is 5.03. The maximum Gasteiger partial charge on any atom is 0.185 e. The molecule has 1 aromatic heterocycles. The summed E-state index contributed by atoms with van der Waals surface area (Å²) in [5.41, 5.74) is 1.10. The van der Waals surface area contributed by atoms with Crippen molar-refractivity contribution in [1.29, 1.82) is 0 Å². The largest absolute Gasteiger partial charge is 0.378 e. The topological polar surface area (TPSA) is 37.4 Å². The Bertz CT molecular complexity index is 390. The second-order valence-corrected chi connectivity index (χ2v) is 6.10. The van der Waals surface area contributed by atoms with Gasteiger partial charge in [0.25, 0.3) is 0 Å². The number of anilines is 1. The molecule has 0 atom stereocenters. The highest BCUT2D eigenvalue weighted by Crippen LogP contribution is 2.28. The zero-order valence-corrected chi connectivity index (χ0v) is 13.1. The first-order chi connectivity index (χ1) is 9.28. The van der Waals surface area contributed by atoms with Gasteiger partial charge >= 0.3 is 0 Å². The van der Waals surface area contributed by atoms with Crippen molar-refractivity contribution in [1.82, 2.24) is 10.3 Å². The average Bonchev–Trinajstić information content (AvgIpc) is 3.16. The molecule has 0 bridgehead atoms. The number of methoxy groups -OCH3 is 1. The molecule has 1 aliphatic carbocycles. The van der Waals surface area contributed by atoms with Gasteiger partial charge in [-0.15, -0.1) is 11.3 Å². The third-order valence-electron chi connectivity index (χ3n) is 3.32. The molecule has 1 fully saturated rings. The Morgan fingerprint density at radius 1 is 1.42 bits per heavy atom. The van der Waals surface area contributed by atoms with E-state index in [0.29, 0.717) is 6.61 Å². The van der Waals surface area contributed by atoms with Gasteiger partial charge in [0.1, 0.15) is 0 Å². The van der Waals surface area contributed by atoms with Gasteiger partial charge in [0.2, 0.25) is 0 Å². The molecule has 0 spiro atoms. The number of nitrogens with zero attached hydrogens (tertiary/aromatic N) is 2. The number of hydrogen-bond acceptors (Lipinski definition) is 5. The lowest BCUT2D eigenvalue weighted by molar-refractivity contribution is 0.181. The van der Waals surface area contributed by atoms with Gasteiger partial charge < -0.3 is 15.0 Å². The Morgan fingerprint density at radius 2 is 2.21 bits per heavy atom. The van der Waals surface area contributed by atoms with Crippen LogP contribution in [0.5, 0.6) is 0 Å². The van der Waals surface area contributed by atoms with Gasteiger partial charge in [-0.05, 0) is 26.2 Å². The molecule has 0 aliphatic heterocycles. The molecule has 1 heterocycles. The van der Waals surface area contributed by atoms with E-state index in [-0.39, 0.29) is 0 Å². The maximum absolute atomic E-state index is 5.28. The highest BCUT2D eigenvalue weighted by atomic mass is 32.1. The lowest BCUT2D eigenvalue weighted by atomic mass is 10.3. The van der Waals surface area contributed by atoms with Gasteiger partial charge in [-0.3, -0.25) is 0 Å². The summed E-state index contributed by atoms with van der Waals surface area (Å²) < 4.78 is 5.28. The quantitative estimate of drug-likeness (QED) is 0.756. The summed E-state index contributed by atoms with van der Waals surface area (Å²) in [5.74, 6) is 0. The molecule has 0 amide bonds. The van der Waals surface area contributed by atoms with Crippen LogP contribution in [0.4, 0.5) is 5.13 Å². The molecule has 0 unspecified atom stereocenters. The molecule has 108 valence electrons. The molecule has 0 radical (unpaired) electrons. The van der Waals surface area contributed by atoms with Crippen molar-refractivity contribution in [3.63, 3.8) is 0 Å². The van der Waals surface area contributed by atoms with Gasteiger partial charge in [-0.25, -0.2) is 4.98 Å². The SMILES string of the molecule is CCCN(CC)c1nc(COC)c(CNC2CC2)s1. The number of hydrogen-bond donors (Lipinski definition) is 1. The highest BCUT2D eigenvalue weighted by Gasteiger charge is 2.22. The maximum atomic E-state index is 5.28. The van der Waals surface area contributed by atoms with Crippen LogP contribution in [0.2, 0.25) is 0 Å². The summed E-state index contributed by atoms with van der Waals surface area (Å²) in [4.78, 5) is 8.45. The van der Waals surface area contributed by atoms with Crippen LogP contribution in [-0.2, 0) is 17.9 Å². The molecule has 2 rings (SSSR count). The number of thiazole rings is 1. The first-order valence-corrected chi connectivity index (χ1v) is 8.05. The zero-order valence-electron chi connectivity index (χ0n) is 12.2. The fourth-order valence-corrected chi connectivity index (χ4v) is 3.18. The van der Waals surface area contributed by atoms with Crippen LogP contribution < -0.4 is 10.2 Å². The molecule has 1 aliphatic rings. The summed E-state index contributed by atoms with van der Waals surface area (Å²) >= 11 is 1.81. The van der Waals surface area contributed by atoms with E-state index in [2.05, 4.69) is 24.1 Å². The summed E-state index contributed by atoms with van der Waals surface area (Å²) in [6.07, 6.45) is 3.80. The normalized spacial score (nSPS) is 14.9. The Labute approximate surface area is 120 Å². The van der Waals surface area contributed by atoms with Crippen LogP contribution in [0, 0.1) is 0 Å². The molecule has 4 nitrogen and oxygen atoms in total. The van der Waals surface area contributed by atoms with E-state index in [1.807, 2.05) is 11.3 Å². The summed E-state index contributed by atoms with van der Waals surface area (Å²) in [5, 5.41) is 4.71. The van der Waals surface area contributed by atoms with Crippen LogP contribution in [0.25, 0.3) is 0 Å². The molecule has 5 heteroatoms. The molecule has 1 aromatic rings. The van der Waals surface area contributed by atoms with Gasteiger partial charge in [0, 0.05) is 37.7 Å². The Morgan fingerprint density at radius 3 is 2.79 bits per heavy atom. The van der Waals surface area contributed by atoms with Gasteiger partial charge in [0.05, 0.1) is 12.3 Å². The fraction of sp³-hybridized carbons (Fsp3) is 0.786. The Balaban J connectivity index is 2.07. The van der Waals surface area contributed by atoms with Crippen molar-refractivity contribution in [2.24, 2.45) is 0 Å². The van der Waals surface area contributed by atoms with Crippen molar-refractivity contribution >= 4 is 16.5 Å². The lowest BCUT2D eigenvalue weighted by Gasteiger charge is -2.18. The number of nitrogens with one attached hydrogen (secondary N) is 1. The van der Waals surface area contributed by atoms with Crippen LogP contribution in [0.15, 0.2) is 0 Å². The first-order valence-electron chi connectivity index (χ1n) is 7.24. The second kappa shape index (κ2) is 7.22. The van der Waals surface area contributed by atoms with Crippen molar-refractivity contribution in [2.45, 2.75) is 52.3 Å². The van der Waals surface area contributed by atoms with Crippen molar-refractivity contribution in [3.05, 3.63) is 10.6 Å². The van der Waals surface area contributed by atoms with E-state index in [1.54, 1.807) is 7.11 Å². The fourth-order valence-electron chi connectivity index (χ4n) is 2.08. The van der Waals surface area contributed by atoms with E-state index in [4.69, 9.17) is 9.72 Å². The summed E-state index contributed by atoms with van der Waals surface area (Å²) in [6, 6.07) is 0.735. The Hall–Kier alpha value is -0.650. The van der Waals surface area contributed by atoms with E-state index in [1.165, 1.54) is 17.7 Å². The third kappa shape index (κ3) is 4.16. The van der Waals surface area contributed by atoms with E-state index in [0.717, 1.165) is 42.9 Å². The predicted octanol–water partition coefficient (Wildman–Crippen LogP) is 2.78. The minimum absolute atomic E-state index is 0.613. The van der Waals surface area contributed by atoms with Crippen molar-refractivity contribution < 1.29 is 4.74 Å². The van der Waals surface area contributed by atoms with E-state index >= 15 is 0 Å². The summed E-state index contributed by atoms with van der Waals surface area (Å²) in [6.45, 7) is 8.04. The molecule has 1 saturated carbocycles. The molecule has 0 aromatic carbocycles. The van der Waals surface area contributed by atoms with Gasteiger partial charge in [-0.2, -0.15) is 0 Å². The van der Waals surface area contributed by atoms with Crippen LogP contribution >= 0.6 is 11.3 Å². The lowest BCUT2D eigenvalue weighted by Crippen LogP contribution is -2.23. The van der Waals surface area contributed by atoms with Crippen LogP contribution in [0.3, 0.4) is 0 Å². The third-order valence-corrected chi connectivity index (χ3v) is 4.48. The predicted molar refractivity (Wildman–Crippen MR) is 80.9 cm³/mol. The molecule has 1 N–H and O–H groups in total. The van der Waals surface area contributed by atoms with Crippen molar-refractivity contribution in [2.75, 3.05) is 25.1 Å². The molecular weight excluding hydrogens is 258 g/mol. The molecule has 0 saturated heterocycles. The number of ether oxygens (including phenoxy) is 1. The monoisotopic (exact) mass is 283 g/mol. The minimum atomic E-state index is 0.613. The molecule has 19 heavy (non-hydrogen) atoms. The summed E-state index contributed by atoms with van der Waals surface area (Å²) in [7, 11) is 1.74. The van der Waals surface area contributed by atoms with Gasteiger partial charge in [-0.1, -0.05) is 6.92 Å². The first kappa shape index (κ1) is 14.8.